The van der Waals surface area contributed by atoms with Gasteiger partial charge in [0.1, 0.15) is 0 Å². The van der Waals surface area contributed by atoms with Gasteiger partial charge in [0.25, 0.3) is 0 Å². The molecule has 0 radical (unpaired) electrons. The Morgan fingerprint density at radius 3 is 0.570 bits per heavy atom. The third-order valence-electron chi connectivity index (χ3n) is 20.8. The Hall–Kier alpha value is -5.28. The Kier molecular flexibility index (Phi) is 35.3. The molecule has 0 aliphatic carbocycles. The number of aromatic nitrogens is 3. The second kappa shape index (κ2) is 43.7. The lowest BCUT2D eigenvalue weighted by Crippen LogP contribution is -2.11. The van der Waals surface area contributed by atoms with E-state index in [2.05, 4.69) is 185 Å². The number of unbranched alkanes of at least 4 members (excludes halogenated alkanes) is 27. The molecule has 510 valence electrons. The summed E-state index contributed by atoms with van der Waals surface area (Å²) in [5.41, 5.74) is 27.4. The molecule has 0 aliphatic heterocycles. The van der Waals surface area contributed by atoms with Gasteiger partial charge in [0, 0.05) is 17.1 Å². The van der Waals surface area contributed by atoms with Crippen molar-refractivity contribution in [2.24, 2.45) is 0 Å². The molecule has 0 unspecified atom stereocenters. The zero-order valence-corrected chi connectivity index (χ0v) is 61.6. The normalized spacial score (nSPS) is 11.7. The van der Waals surface area contributed by atoms with E-state index in [-0.39, 0.29) is 0 Å². The molecule has 0 spiro atoms. The molecule has 0 N–H and O–H groups in total. The van der Waals surface area contributed by atoms with Crippen LogP contribution in [0.3, 0.4) is 0 Å². The monoisotopic (exact) mass is 1260 g/mol. The van der Waals surface area contributed by atoms with E-state index in [1.807, 2.05) is 0 Å². The highest BCUT2D eigenvalue weighted by atomic mass is 15.1. The van der Waals surface area contributed by atoms with Crippen LogP contribution < -0.4 is 0 Å². The summed E-state index contributed by atoms with van der Waals surface area (Å²) in [6, 6.07) is 43.9. The van der Waals surface area contributed by atoms with Crippen molar-refractivity contribution in [1.29, 1.82) is 0 Å². The van der Waals surface area contributed by atoms with Crippen molar-refractivity contribution >= 4 is 0 Å². The first kappa shape index (κ1) is 75.1. The highest BCUT2D eigenvalue weighted by molar-refractivity contribution is 5.77. The molecule has 0 atom stereocenters. The van der Waals surface area contributed by atoms with Gasteiger partial charge in [0.2, 0.25) is 0 Å². The molecule has 7 aromatic rings. The van der Waals surface area contributed by atoms with Crippen molar-refractivity contribution in [3.05, 3.63) is 160 Å². The average Bonchev–Trinajstić information content (AvgIpc) is 1.60. The maximum Gasteiger partial charge on any atom is 0.0566 e. The predicted octanol–water partition coefficient (Wildman–Crippen LogP) is 28.2. The molecule has 0 saturated heterocycles. The van der Waals surface area contributed by atoms with Crippen molar-refractivity contribution in [2.45, 2.75) is 351 Å². The summed E-state index contributed by atoms with van der Waals surface area (Å²) in [4.78, 5) is 0. The molecule has 0 aliphatic rings. The maximum absolute atomic E-state index is 2.95. The van der Waals surface area contributed by atoms with Crippen molar-refractivity contribution in [3.63, 3.8) is 0 Å². The van der Waals surface area contributed by atoms with E-state index in [0.29, 0.717) is 0 Å². The van der Waals surface area contributed by atoms with Gasteiger partial charge in [-0.25, -0.2) is 0 Å². The maximum atomic E-state index is 2.95. The van der Waals surface area contributed by atoms with E-state index in [1.54, 1.807) is 50.5 Å². The van der Waals surface area contributed by atoms with Gasteiger partial charge in [-0.05, 0) is 184 Å². The minimum absolute atomic E-state index is 1.11. The van der Waals surface area contributed by atoms with Crippen LogP contribution in [0.25, 0.3) is 50.8 Å². The van der Waals surface area contributed by atoms with Crippen LogP contribution in [0.5, 0.6) is 0 Å². The highest BCUT2D eigenvalue weighted by Gasteiger charge is 2.31. The summed E-state index contributed by atoms with van der Waals surface area (Å²) in [7, 11) is 0. The van der Waals surface area contributed by atoms with Crippen LogP contribution in [-0.2, 0) is 57.8 Å². The van der Waals surface area contributed by atoms with E-state index in [4.69, 9.17) is 0 Å². The lowest BCUT2D eigenvalue weighted by atomic mass is 9.94. The Bertz CT molecular complexity index is 2760. The Labute approximate surface area is 572 Å². The van der Waals surface area contributed by atoms with Gasteiger partial charge < -0.3 is 13.7 Å². The first-order valence-corrected chi connectivity index (χ1v) is 40.0. The van der Waals surface area contributed by atoms with E-state index >= 15 is 0 Å². The molecule has 0 saturated carbocycles. The second-order valence-electron chi connectivity index (χ2n) is 28.4. The SMILES string of the molecule is CCCCCCc1c(CCCCCC)c(-c2ccccc2)n(-c2cc(-n3c(CCCCCC)c(CCCCCC)c(CCCCCC)c3-c3ccccc3)cc(-n3c(CCCCCC)c(CCCCCC)c(CCCCCC)c3-c3ccccc3)c2)c1CCCCCC. The van der Waals surface area contributed by atoms with Gasteiger partial charge in [0.15, 0.2) is 0 Å². The molecule has 3 heterocycles. The summed E-state index contributed by atoms with van der Waals surface area (Å²) in [5, 5.41) is 0. The molecule has 3 aromatic heterocycles. The van der Waals surface area contributed by atoms with Crippen LogP contribution in [0.1, 0.15) is 344 Å². The molecule has 3 heteroatoms. The molecule has 0 fully saturated rings. The molecule has 3 nitrogen and oxygen atoms in total. The molecular weight excluding hydrogens is 1120 g/mol. The van der Waals surface area contributed by atoms with Crippen molar-refractivity contribution in [1.82, 2.24) is 13.7 Å². The van der Waals surface area contributed by atoms with Crippen LogP contribution in [0, 0.1) is 0 Å². The summed E-state index contributed by atoms with van der Waals surface area (Å²) < 4.78 is 8.85. The Balaban J connectivity index is 1.76. The van der Waals surface area contributed by atoms with Crippen LogP contribution in [-0.4, -0.2) is 13.7 Å². The fraction of sp³-hybridized carbons (Fsp3) is 0.600. The van der Waals surface area contributed by atoms with E-state index in [0.717, 1.165) is 57.8 Å². The lowest BCUT2D eigenvalue weighted by molar-refractivity contribution is 0.636. The van der Waals surface area contributed by atoms with Crippen molar-refractivity contribution in [3.8, 4) is 50.8 Å². The lowest BCUT2D eigenvalue weighted by Gasteiger charge is -2.23. The molecule has 4 aromatic carbocycles. The molecular formula is C90H135N3. The first-order valence-electron chi connectivity index (χ1n) is 40.0. The van der Waals surface area contributed by atoms with Crippen LogP contribution in [0.2, 0.25) is 0 Å². The van der Waals surface area contributed by atoms with E-state index < -0.39 is 0 Å². The van der Waals surface area contributed by atoms with Crippen molar-refractivity contribution < 1.29 is 0 Å². The minimum atomic E-state index is 1.11. The van der Waals surface area contributed by atoms with Crippen molar-refractivity contribution in [2.75, 3.05) is 0 Å². The smallest absolute Gasteiger partial charge is 0.0566 e. The quantitative estimate of drug-likeness (QED) is 0.0338. The third-order valence-corrected chi connectivity index (χ3v) is 20.8. The largest absolute Gasteiger partial charge is 0.313 e. The van der Waals surface area contributed by atoms with Gasteiger partial charge in [-0.3, -0.25) is 0 Å². The number of hydrogen-bond donors (Lipinski definition) is 0. The van der Waals surface area contributed by atoms with E-state index in [9.17, 15) is 0 Å². The average molecular weight is 1260 g/mol. The third kappa shape index (κ3) is 21.9. The first-order chi connectivity index (χ1) is 45.9. The molecule has 0 amide bonds. The van der Waals surface area contributed by atoms with Gasteiger partial charge in [-0.2, -0.15) is 0 Å². The number of benzene rings is 4. The number of rotatable bonds is 51. The van der Waals surface area contributed by atoms with Gasteiger partial charge >= 0.3 is 0 Å². The topological polar surface area (TPSA) is 14.8 Å². The fourth-order valence-electron chi connectivity index (χ4n) is 15.7. The number of hydrogen-bond acceptors (Lipinski definition) is 0. The van der Waals surface area contributed by atoms with Crippen LogP contribution in [0.4, 0.5) is 0 Å². The zero-order valence-electron chi connectivity index (χ0n) is 61.6. The molecule has 7 rings (SSSR count). The van der Waals surface area contributed by atoms with Crippen LogP contribution in [0.15, 0.2) is 109 Å². The standard InChI is InChI=1S/C90H135N3/c1-10-19-28-46-61-79-82(64-49-31-22-13-4)88(73-55-40-37-41-56-73)91(85(79)67-52-34-25-16-7)76-70-77(92-86(68-53-35-26-17-8)80(62-47-29-20-11-2)83(65-50-32-23-14-5)89(92)74-57-42-38-43-58-74)72-78(71-76)93-87(69-54-36-27-18-9)81(63-48-30-21-12-3)84(66-51-33-24-15-6)90(93)75-59-44-39-45-60-75/h37-45,55-60,70-72H,10-36,46-54,61-69H2,1-9H3. The summed E-state index contributed by atoms with van der Waals surface area (Å²) in [5.74, 6) is 0. The second-order valence-corrected chi connectivity index (χ2v) is 28.4. The molecule has 93 heavy (non-hydrogen) atoms. The van der Waals surface area contributed by atoms with Gasteiger partial charge in [-0.15, -0.1) is 0 Å². The summed E-state index contributed by atoms with van der Waals surface area (Å²) >= 11 is 0. The number of nitrogens with zero attached hydrogens (tertiary/aromatic N) is 3. The molecule has 0 bridgehead atoms. The van der Waals surface area contributed by atoms with Gasteiger partial charge in [-0.1, -0.05) is 327 Å². The van der Waals surface area contributed by atoms with E-state index in [1.165, 1.54) is 282 Å². The fourth-order valence-corrected chi connectivity index (χ4v) is 15.7. The Morgan fingerprint density at radius 2 is 0.376 bits per heavy atom. The predicted molar refractivity (Wildman–Crippen MR) is 411 cm³/mol. The highest BCUT2D eigenvalue weighted by Crippen LogP contribution is 2.45. The van der Waals surface area contributed by atoms with Gasteiger partial charge in [0.05, 0.1) is 34.1 Å². The zero-order chi connectivity index (χ0) is 65.7. The van der Waals surface area contributed by atoms with Crippen LogP contribution >= 0.6 is 0 Å². The summed E-state index contributed by atoms with van der Waals surface area (Å²) in [6.45, 7) is 21.5. The summed E-state index contributed by atoms with van der Waals surface area (Å²) in [6.07, 6.45) is 55.9. The Morgan fingerprint density at radius 1 is 0.194 bits per heavy atom. The minimum Gasteiger partial charge on any atom is -0.313 e.